The van der Waals surface area contributed by atoms with Crippen LogP contribution in [0.3, 0.4) is 0 Å². The summed E-state index contributed by atoms with van der Waals surface area (Å²) in [5, 5.41) is 13.6. The van der Waals surface area contributed by atoms with Gasteiger partial charge in [0.1, 0.15) is 5.82 Å². The molecule has 96 valence electrons. The van der Waals surface area contributed by atoms with Gasteiger partial charge in [-0.3, -0.25) is 14.9 Å². The number of benzene rings is 1. The molecule has 1 heterocycles. The molecule has 0 spiro atoms. The summed E-state index contributed by atoms with van der Waals surface area (Å²) in [6.45, 7) is 1.30. The van der Waals surface area contributed by atoms with Gasteiger partial charge in [0.05, 0.1) is 16.5 Å². The van der Waals surface area contributed by atoms with Crippen LogP contribution >= 0.6 is 0 Å². The van der Waals surface area contributed by atoms with Gasteiger partial charge in [0.2, 0.25) is 0 Å². The third kappa shape index (κ3) is 2.17. The van der Waals surface area contributed by atoms with Crippen molar-refractivity contribution in [1.82, 2.24) is 10.2 Å². The summed E-state index contributed by atoms with van der Waals surface area (Å²) in [5.41, 5.74) is -0.557. The fraction of sp³-hybridized carbons (Fsp3) is 0.364. The van der Waals surface area contributed by atoms with Crippen molar-refractivity contribution >= 4 is 11.6 Å². The molecule has 6 nitrogen and oxygen atoms in total. The lowest BCUT2D eigenvalue weighted by Gasteiger charge is -2.35. The molecular formula is C11H12FN3O3. The van der Waals surface area contributed by atoms with E-state index in [0.29, 0.717) is 13.1 Å². The minimum Gasteiger partial charge on any atom is -0.336 e. The van der Waals surface area contributed by atoms with E-state index in [2.05, 4.69) is 5.32 Å². The number of nitrogens with one attached hydrogen (secondary N) is 1. The summed E-state index contributed by atoms with van der Waals surface area (Å²) >= 11 is 0. The average molecular weight is 253 g/mol. The predicted molar refractivity (Wildman–Crippen MR) is 61.8 cm³/mol. The van der Waals surface area contributed by atoms with Crippen molar-refractivity contribution in [2.24, 2.45) is 0 Å². The quantitative estimate of drug-likeness (QED) is 0.638. The molecule has 1 amide bonds. The van der Waals surface area contributed by atoms with E-state index < -0.39 is 16.6 Å². The zero-order chi connectivity index (χ0) is 13.3. The predicted octanol–water partition coefficient (Wildman–Crippen LogP) is 0.778. The van der Waals surface area contributed by atoms with Gasteiger partial charge in [-0.2, -0.15) is 0 Å². The molecule has 1 saturated heterocycles. The highest BCUT2D eigenvalue weighted by molar-refractivity contribution is 5.95. The highest BCUT2D eigenvalue weighted by Gasteiger charge is 2.28. The number of amides is 1. The number of rotatable bonds is 3. The van der Waals surface area contributed by atoms with E-state index in [9.17, 15) is 19.3 Å². The second kappa shape index (κ2) is 4.69. The van der Waals surface area contributed by atoms with Gasteiger partial charge in [-0.25, -0.2) is 4.39 Å². The Morgan fingerprint density at radius 2 is 2.22 bits per heavy atom. The number of hydrogen-bond donors (Lipinski definition) is 1. The van der Waals surface area contributed by atoms with Gasteiger partial charge in [-0.1, -0.05) is 0 Å². The first-order valence-electron chi connectivity index (χ1n) is 5.42. The molecule has 1 aromatic rings. The van der Waals surface area contributed by atoms with E-state index in [1.165, 1.54) is 4.90 Å². The molecule has 0 aromatic heterocycles. The Labute approximate surface area is 103 Å². The van der Waals surface area contributed by atoms with Crippen LogP contribution in [0.25, 0.3) is 0 Å². The molecule has 7 heteroatoms. The van der Waals surface area contributed by atoms with Gasteiger partial charge in [0.25, 0.3) is 11.6 Å². The normalized spacial score (nSPS) is 15.0. The number of likely N-dealkylation sites (N-methyl/N-ethyl adjacent to an activating group) is 1. The van der Waals surface area contributed by atoms with Crippen LogP contribution in [0.2, 0.25) is 0 Å². The summed E-state index contributed by atoms with van der Waals surface area (Å²) in [4.78, 5) is 23.4. The number of halogens is 1. The van der Waals surface area contributed by atoms with Crippen LogP contribution in [-0.2, 0) is 0 Å². The van der Waals surface area contributed by atoms with Crippen LogP contribution in [0, 0.1) is 15.9 Å². The molecule has 1 fully saturated rings. The number of non-ortho nitro benzene ring substituents is 1. The monoisotopic (exact) mass is 253 g/mol. The number of nitrogens with zero attached hydrogens (tertiary/aromatic N) is 2. The summed E-state index contributed by atoms with van der Waals surface area (Å²) < 4.78 is 13.5. The lowest BCUT2D eigenvalue weighted by Crippen LogP contribution is -2.57. The summed E-state index contributed by atoms with van der Waals surface area (Å²) in [6.07, 6.45) is 0. The van der Waals surface area contributed by atoms with Crippen molar-refractivity contribution in [3.05, 3.63) is 39.7 Å². The molecule has 0 bridgehead atoms. The molecular weight excluding hydrogens is 241 g/mol. The second-order valence-electron chi connectivity index (χ2n) is 4.15. The van der Waals surface area contributed by atoms with Crippen molar-refractivity contribution in [2.45, 2.75) is 6.04 Å². The maximum atomic E-state index is 13.5. The molecule has 0 aliphatic carbocycles. The Morgan fingerprint density at radius 1 is 1.56 bits per heavy atom. The lowest BCUT2D eigenvalue weighted by molar-refractivity contribution is -0.384. The van der Waals surface area contributed by atoms with Crippen molar-refractivity contribution in [3.8, 4) is 0 Å². The molecule has 1 N–H and O–H groups in total. The minimum atomic E-state index is -0.746. The zero-order valence-electron chi connectivity index (χ0n) is 9.72. The van der Waals surface area contributed by atoms with Crippen molar-refractivity contribution < 1.29 is 14.1 Å². The zero-order valence-corrected chi connectivity index (χ0v) is 9.72. The van der Waals surface area contributed by atoms with Crippen LogP contribution in [0.15, 0.2) is 18.2 Å². The van der Waals surface area contributed by atoms with E-state index in [1.807, 2.05) is 0 Å². The van der Waals surface area contributed by atoms with Crippen LogP contribution in [0.1, 0.15) is 10.4 Å². The number of hydrogen-bond acceptors (Lipinski definition) is 4. The Morgan fingerprint density at radius 3 is 2.72 bits per heavy atom. The fourth-order valence-corrected chi connectivity index (χ4v) is 1.69. The molecule has 1 aliphatic heterocycles. The smallest absolute Gasteiger partial charge is 0.270 e. The highest BCUT2D eigenvalue weighted by atomic mass is 19.1. The van der Waals surface area contributed by atoms with E-state index in [1.54, 1.807) is 7.05 Å². The van der Waals surface area contributed by atoms with Gasteiger partial charge in [-0.15, -0.1) is 0 Å². The fourth-order valence-electron chi connectivity index (χ4n) is 1.69. The maximum Gasteiger partial charge on any atom is 0.270 e. The van der Waals surface area contributed by atoms with Gasteiger partial charge in [-0.05, 0) is 6.07 Å². The van der Waals surface area contributed by atoms with Gasteiger partial charge >= 0.3 is 0 Å². The third-order valence-corrected chi connectivity index (χ3v) is 3.02. The SMILES string of the molecule is CN(C(=O)c1cc([N+](=O)[O-])ccc1F)C1CNC1. The molecule has 0 radical (unpaired) electrons. The third-order valence-electron chi connectivity index (χ3n) is 3.02. The molecule has 1 aromatic carbocycles. The molecule has 0 atom stereocenters. The Bertz CT molecular complexity index is 502. The van der Waals surface area contributed by atoms with Gasteiger partial charge in [0.15, 0.2) is 0 Å². The summed E-state index contributed by atoms with van der Waals surface area (Å²) in [7, 11) is 1.56. The Kier molecular flexibility index (Phi) is 3.24. The molecule has 0 saturated carbocycles. The van der Waals surface area contributed by atoms with E-state index >= 15 is 0 Å². The Hall–Kier alpha value is -2.02. The van der Waals surface area contributed by atoms with E-state index in [-0.39, 0.29) is 17.3 Å². The highest BCUT2D eigenvalue weighted by Crippen LogP contribution is 2.19. The molecule has 2 rings (SSSR count). The maximum absolute atomic E-state index is 13.5. The first-order chi connectivity index (χ1) is 8.50. The number of nitro groups is 1. The second-order valence-corrected chi connectivity index (χ2v) is 4.15. The Balaban J connectivity index is 2.28. The van der Waals surface area contributed by atoms with Crippen LogP contribution in [0.5, 0.6) is 0 Å². The van der Waals surface area contributed by atoms with E-state index in [4.69, 9.17) is 0 Å². The van der Waals surface area contributed by atoms with Gasteiger partial charge in [0, 0.05) is 32.3 Å². The van der Waals surface area contributed by atoms with E-state index in [0.717, 1.165) is 18.2 Å². The summed E-state index contributed by atoms with van der Waals surface area (Å²) in [5.74, 6) is -1.28. The first-order valence-corrected chi connectivity index (χ1v) is 5.42. The molecule has 1 aliphatic rings. The van der Waals surface area contributed by atoms with Crippen molar-refractivity contribution in [2.75, 3.05) is 20.1 Å². The summed E-state index contributed by atoms with van der Waals surface area (Å²) in [6, 6.07) is 2.96. The number of carbonyl (C=O) groups is 1. The van der Waals surface area contributed by atoms with Crippen molar-refractivity contribution in [3.63, 3.8) is 0 Å². The van der Waals surface area contributed by atoms with Crippen LogP contribution in [-0.4, -0.2) is 41.9 Å². The lowest BCUT2D eigenvalue weighted by atomic mass is 10.1. The first kappa shape index (κ1) is 12.4. The standard InChI is InChI=1S/C11H12FN3O3/c1-14(8-5-13-6-8)11(16)9-4-7(15(17)18)2-3-10(9)12/h2-4,8,13H,5-6H2,1H3. The average Bonchev–Trinajstić information content (AvgIpc) is 2.26. The van der Waals surface area contributed by atoms with Crippen molar-refractivity contribution in [1.29, 1.82) is 0 Å². The largest absolute Gasteiger partial charge is 0.336 e. The molecule has 18 heavy (non-hydrogen) atoms. The van der Waals surface area contributed by atoms with Crippen LogP contribution in [0.4, 0.5) is 10.1 Å². The van der Waals surface area contributed by atoms with Crippen LogP contribution < -0.4 is 5.32 Å². The van der Waals surface area contributed by atoms with Gasteiger partial charge < -0.3 is 10.2 Å². The minimum absolute atomic E-state index is 0.0103. The number of carbonyl (C=O) groups excluding carboxylic acids is 1. The number of nitro benzene ring substituents is 1. The topological polar surface area (TPSA) is 75.5 Å². The molecule has 0 unspecified atom stereocenters.